The van der Waals surface area contributed by atoms with E-state index in [-0.39, 0.29) is 11.5 Å². The van der Waals surface area contributed by atoms with Crippen LogP contribution in [-0.2, 0) is 0 Å². The third-order valence-corrected chi connectivity index (χ3v) is 4.62. The van der Waals surface area contributed by atoms with Crippen LogP contribution >= 0.6 is 0 Å². The van der Waals surface area contributed by atoms with Gasteiger partial charge in [-0.15, -0.1) is 0 Å². The second-order valence-corrected chi connectivity index (χ2v) is 6.38. The van der Waals surface area contributed by atoms with Gasteiger partial charge in [-0.3, -0.25) is 4.98 Å². The van der Waals surface area contributed by atoms with E-state index in [1.807, 2.05) is 0 Å². The van der Waals surface area contributed by atoms with Gasteiger partial charge in [0.15, 0.2) is 0 Å². The van der Waals surface area contributed by atoms with Crippen molar-refractivity contribution in [2.45, 2.75) is 31.1 Å². The summed E-state index contributed by atoms with van der Waals surface area (Å²) in [6.45, 7) is 0.647. The Morgan fingerprint density at radius 3 is 2.96 bits per heavy atom. The summed E-state index contributed by atoms with van der Waals surface area (Å²) in [7, 11) is 0. The Morgan fingerprint density at radius 1 is 1.28 bits per heavy atom. The molecule has 2 N–H and O–H groups in total. The molecular formula is C20H18N2O3. The molecule has 2 aliphatic rings. The first-order valence-electron chi connectivity index (χ1n) is 8.43. The highest BCUT2D eigenvalue weighted by atomic mass is 16.5. The Balaban J connectivity index is 1.54. The van der Waals surface area contributed by atoms with Crippen LogP contribution in [-0.4, -0.2) is 22.7 Å². The van der Waals surface area contributed by atoms with Crippen molar-refractivity contribution in [1.82, 2.24) is 4.98 Å². The lowest BCUT2D eigenvalue weighted by molar-refractivity contribution is 0.0698. The van der Waals surface area contributed by atoms with Crippen LogP contribution in [0.4, 0.5) is 5.69 Å². The Hall–Kier alpha value is -3.00. The van der Waals surface area contributed by atoms with Crippen LogP contribution in [0.3, 0.4) is 0 Å². The van der Waals surface area contributed by atoms with Gasteiger partial charge in [-0.25, -0.2) is 4.79 Å². The normalized spacial score (nSPS) is 18.3. The van der Waals surface area contributed by atoms with E-state index in [1.54, 1.807) is 0 Å². The topological polar surface area (TPSA) is 71.5 Å². The zero-order valence-corrected chi connectivity index (χ0v) is 13.7. The Labute approximate surface area is 146 Å². The molecule has 1 unspecified atom stereocenters. The molecule has 0 radical (unpaired) electrons. The van der Waals surface area contributed by atoms with Crippen LogP contribution in [0.2, 0.25) is 0 Å². The van der Waals surface area contributed by atoms with Crippen LogP contribution < -0.4 is 10.1 Å². The summed E-state index contributed by atoms with van der Waals surface area (Å²) >= 11 is 0. The maximum absolute atomic E-state index is 11.2. The standard InChI is InChI=1S/C20H18N2O3/c23-20(24)17-6-8-21-12-18(17)22-9-5-14-7-10-25-19-11-15(13-1-2-13)3-4-16(14)19/h3-4,6,8,11-14,22H,1-2,7,10H2,(H,23,24). The highest BCUT2D eigenvalue weighted by Crippen LogP contribution is 2.43. The lowest BCUT2D eigenvalue weighted by Gasteiger charge is -2.23. The van der Waals surface area contributed by atoms with Crippen LogP contribution in [0.5, 0.6) is 5.75 Å². The van der Waals surface area contributed by atoms with Crippen molar-refractivity contribution in [2.75, 3.05) is 11.9 Å². The fourth-order valence-corrected chi connectivity index (χ4v) is 3.10. The summed E-state index contributed by atoms with van der Waals surface area (Å²) in [5, 5.41) is 12.1. The van der Waals surface area contributed by atoms with Gasteiger partial charge in [-0.05, 0) is 42.9 Å². The third-order valence-electron chi connectivity index (χ3n) is 4.62. The summed E-state index contributed by atoms with van der Waals surface area (Å²) in [5.74, 6) is 3.90. The highest BCUT2D eigenvalue weighted by Gasteiger charge is 2.26. The number of anilines is 1. The summed E-state index contributed by atoms with van der Waals surface area (Å²) in [6, 6.07) is 10.8. The number of fused-ring (bicyclic) bond motifs is 1. The zero-order chi connectivity index (χ0) is 17.2. The van der Waals surface area contributed by atoms with E-state index in [2.05, 4.69) is 40.5 Å². The summed E-state index contributed by atoms with van der Waals surface area (Å²) in [4.78, 5) is 15.2. The zero-order valence-electron chi connectivity index (χ0n) is 13.7. The molecule has 5 heteroatoms. The Bertz CT molecular complexity index is 878. The number of rotatable bonds is 3. The molecule has 1 aliphatic heterocycles. The molecule has 0 spiro atoms. The number of hydrogen-bond donors (Lipinski definition) is 2. The number of benzene rings is 1. The summed E-state index contributed by atoms with van der Waals surface area (Å²) < 4.78 is 5.81. The Kier molecular flexibility index (Phi) is 4.02. The van der Waals surface area contributed by atoms with Crippen LogP contribution in [0.25, 0.3) is 0 Å². The summed E-state index contributed by atoms with van der Waals surface area (Å²) in [5.41, 5.74) is 3.02. The molecule has 1 atom stereocenters. The molecule has 1 aliphatic carbocycles. The maximum atomic E-state index is 11.2. The lowest BCUT2D eigenvalue weighted by Crippen LogP contribution is -2.13. The maximum Gasteiger partial charge on any atom is 0.337 e. The summed E-state index contributed by atoms with van der Waals surface area (Å²) in [6.07, 6.45) is 6.28. The molecule has 1 aromatic heterocycles. The smallest absolute Gasteiger partial charge is 0.337 e. The molecule has 4 rings (SSSR count). The number of nitrogens with zero attached hydrogens (tertiary/aromatic N) is 1. The van der Waals surface area contributed by atoms with Gasteiger partial charge in [0, 0.05) is 17.8 Å². The van der Waals surface area contributed by atoms with Gasteiger partial charge in [0.1, 0.15) is 5.75 Å². The first-order chi connectivity index (χ1) is 12.2. The van der Waals surface area contributed by atoms with E-state index >= 15 is 0 Å². The van der Waals surface area contributed by atoms with E-state index < -0.39 is 5.97 Å². The molecule has 1 aromatic carbocycles. The van der Waals surface area contributed by atoms with Crippen molar-refractivity contribution in [3.63, 3.8) is 0 Å². The van der Waals surface area contributed by atoms with Crippen molar-refractivity contribution >= 4 is 11.7 Å². The minimum atomic E-state index is -1.00. The van der Waals surface area contributed by atoms with Crippen molar-refractivity contribution in [1.29, 1.82) is 0 Å². The van der Waals surface area contributed by atoms with Gasteiger partial charge < -0.3 is 15.2 Å². The number of aromatic carboxylic acids is 1. The fourth-order valence-electron chi connectivity index (χ4n) is 3.10. The highest BCUT2D eigenvalue weighted by molar-refractivity contribution is 5.94. The number of hydrogen-bond acceptors (Lipinski definition) is 4. The van der Waals surface area contributed by atoms with E-state index in [0.29, 0.717) is 18.2 Å². The van der Waals surface area contributed by atoms with Crippen molar-refractivity contribution in [3.05, 3.63) is 53.3 Å². The Morgan fingerprint density at radius 2 is 2.16 bits per heavy atom. The molecule has 2 heterocycles. The first-order valence-corrected chi connectivity index (χ1v) is 8.43. The molecule has 25 heavy (non-hydrogen) atoms. The van der Waals surface area contributed by atoms with Crippen molar-refractivity contribution < 1.29 is 14.6 Å². The fraction of sp³-hybridized carbons (Fsp3) is 0.300. The van der Waals surface area contributed by atoms with Crippen molar-refractivity contribution in [2.24, 2.45) is 0 Å². The number of ether oxygens (including phenoxy) is 1. The molecule has 0 amide bonds. The molecular weight excluding hydrogens is 316 g/mol. The van der Waals surface area contributed by atoms with Crippen LogP contribution in [0.15, 0.2) is 36.7 Å². The van der Waals surface area contributed by atoms with Gasteiger partial charge in [0.2, 0.25) is 0 Å². The monoisotopic (exact) mass is 334 g/mol. The van der Waals surface area contributed by atoms with Crippen molar-refractivity contribution in [3.8, 4) is 17.7 Å². The number of pyridine rings is 1. The number of carbonyl (C=O) groups is 1. The molecule has 0 bridgehead atoms. The van der Waals surface area contributed by atoms with Gasteiger partial charge >= 0.3 is 5.97 Å². The average Bonchev–Trinajstić information content (AvgIpc) is 3.47. The van der Waals surface area contributed by atoms with Gasteiger partial charge in [0.25, 0.3) is 0 Å². The van der Waals surface area contributed by atoms with Gasteiger partial charge in [-0.2, -0.15) is 0 Å². The minimum absolute atomic E-state index is 0.0782. The molecule has 126 valence electrons. The third kappa shape index (κ3) is 3.29. The van der Waals surface area contributed by atoms with E-state index in [0.717, 1.165) is 17.7 Å². The second kappa shape index (κ2) is 6.48. The SMILES string of the molecule is O=C(O)c1ccncc1NC#CC1CCOc2cc(C3CC3)ccc21. The largest absolute Gasteiger partial charge is 0.493 e. The number of carboxylic acids is 1. The molecule has 2 aromatic rings. The van der Waals surface area contributed by atoms with Crippen LogP contribution in [0, 0.1) is 12.0 Å². The lowest BCUT2D eigenvalue weighted by atomic mass is 9.92. The second-order valence-electron chi connectivity index (χ2n) is 6.38. The average molecular weight is 334 g/mol. The molecule has 1 fully saturated rings. The number of nitrogens with one attached hydrogen (secondary N) is 1. The van der Waals surface area contributed by atoms with Gasteiger partial charge in [-0.1, -0.05) is 18.1 Å². The molecule has 5 nitrogen and oxygen atoms in total. The van der Waals surface area contributed by atoms with E-state index in [4.69, 9.17) is 4.74 Å². The number of carboxylic acid groups (broad SMARTS) is 1. The van der Waals surface area contributed by atoms with E-state index in [1.165, 1.54) is 36.9 Å². The predicted octanol–water partition coefficient (Wildman–Crippen LogP) is 3.60. The van der Waals surface area contributed by atoms with Gasteiger partial charge in [0.05, 0.1) is 30.0 Å². The molecule has 1 saturated carbocycles. The quantitative estimate of drug-likeness (QED) is 0.663. The van der Waals surface area contributed by atoms with Crippen LogP contribution in [0.1, 0.15) is 52.6 Å². The van der Waals surface area contributed by atoms with E-state index in [9.17, 15) is 9.90 Å². The first kappa shape index (κ1) is 15.5. The predicted molar refractivity (Wildman–Crippen MR) is 93.9 cm³/mol. The molecule has 0 saturated heterocycles. The number of aromatic nitrogens is 1. The minimum Gasteiger partial charge on any atom is -0.493 e.